The average molecular weight is 418 g/mol. The summed E-state index contributed by atoms with van der Waals surface area (Å²) in [5.41, 5.74) is 3.23. The van der Waals surface area contributed by atoms with Crippen molar-refractivity contribution in [3.8, 4) is 0 Å². The van der Waals surface area contributed by atoms with Crippen molar-refractivity contribution in [1.82, 2.24) is 5.32 Å². The molecule has 1 N–H and O–H groups in total. The highest BCUT2D eigenvalue weighted by molar-refractivity contribution is 6.31. The van der Waals surface area contributed by atoms with E-state index in [1.54, 1.807) is 6.07 Å². The second kappa shape index (κ2) is 8.72. The number of benzene rings is 1. The number of hydrogen-bond acceptors (Lipinski definition) is 5. The summed E-state index contributed by atoms with van der Waals surface area (Å²) in [4.78, 5) is 26.2. The van der Waals surface area contributed by atoms with Gasteiger partial charge in [-0.25, -0.2) is 4.79 Å². The molecule has 1 aromatic carbocycles. The summed E-state index contributed by atoms with van der Waals surface area (Å²) >= 11 is 6.51. The third-order valence-corrected chi connectivity index (χ3v) is 5.69. The molecule has 2 aliphatic rings. The van der Waals surface area contributed by atoms with E-state index in [2.05, 4.69) is 19.2 Å². The van der Waals surface area contributed by atoms with Gasteiger partial charge in [0, 0.05) is 40.9 Å². The van der Waals surface area contributed by atoms with Crippen LogP contribution in [0.3, 0.4) is 0 Å². The Balaban J connectivity index is 2.05. The minimum atomic E-state index is -0.539. The summed E-state index contributed by atoms with van der Waals surface area (Å²) in [6, 6.07) is 7.36. The molecule has 1 aromatic rings. The molecule has 1 atom stereocenters. The van der Waals surface area contributed by atoms with E-state index in [0.717, 1.165) is 17.7 Å². The fourth-order valence-corrected chi connectivity index (χ4v) is 4.39. The second-order valence-electron chi connectivity index (χ2n) is 8.28. The van der Waals surface area contributed by atoms with Crippen LogP contribution in [0.15, 0.2) is 46.8 Å². The molecule has 1 heterocycles. The van der Waals surface area contributed by atoms with Gasteiger partial charge < -0.3 is 14.8 Å². The van der Waals surface area contributed by atoms with Gasteiger partial charge in [-0.3, -0.25) is 4.79 Å². The van der Waals surface area contributed by atoms with Crippen molar-refractivity contribution in [1.29, 1.82) is 0 Å². The normalized spacial score (nSPS) is 21.0. The lowest BCUT2D eigenvalue weighted by atomic mass is 9.68. The molecule has 0 saturated carbocycles. The topological polar surface area (TPSA) is 64.6 Å². The van der Waals surface area contributed by atoms with Crippen molar-refractivity contribution in [3.05, 3.63) is 57.4 Å². The smallest absolute Gasteiger partial charge is 0.336 e. The number of hydrogen-bond donors (Lipinski definition) is 1. The number of esters is 1. The Bertz CT molecular complexity index is 885. The van der Waals surface area contributed by atoms with Crippen LogP contribution in [0.2, 0.25) is 5.02 Å². The van der Waals surface area contributed by atoms with Crippen molar-refractivity contribution >= 4 is 23.4 Å². The lowest BCUT2D eigenvalue weighted by Crippen LogP contribution is -2.38. The lowest BCUT2D eigenvalue weighted by Gasteiger charge is -2.39. The Morgan fingerprint density at radius 2 is 1.97 bits per heavy atom. The molecule has 6 heteroatoms. The minimum absolute atomic E-state index is 0.0424. The van der Waals surface area contributed by atoms with Crippen LogP contribution >= 0.6 is 11.6 Å². The number of Topliss-reactive ketones (excluding diaryl/α,β-unsaturated/α-hetero) is 1. The van der Waals surface area contributed by atoms with Crippen molar-refractivity contribution in [2.75, 3.05) is 19.8 Å². The highest BCUT2D eigenvalue weighted by Crippen LogP contribution is 2.47. The van der Waals surface area contributed by atoms with Crippen molar-refractivity contribution < 1.29 is 19.1 Å². The quantitative estimate of drug-likeness (QED) is 0.544. The SMILES string of the molecule is CCOCCOC(=O)C1=C(C)NC2=C(C(=O)CC(C)(C)C2)[C@H]1c1ccccc1Cl. The first-order chi connectivity index (χ1) is 13.7. The number of rotatable bonds is 6. The molecule has 29 heavy (non-hydrogen) atoms. The third-order valence-electron chi connectivity index (χ3n) is 5.34. The van der Waals surface area contributed by atoms with Gasteiger partial charge in [-0.15, -0.1) is 0 Å². The number of allylic oxidation sites excluding steroid dienone is 3. The second-order valence-corrected chi connectivity index (χ2v) is 8.69. The summed E-state index contributed by atoms with van der Waals surface area (Å²) < 4.78 is 10.7. The lowest BCUT2D eigenvalue weighted by molar-refractivity contribution is -0.140. The maximum absolute atomic E-state index is 13.2. The maximum atomic E-state index is 13.2. The van der Waals surface area contributed by atoms with Gasteiger partial charge in [-0.2, -0.15) is 0 Å². The zero-order chi connectivity index (χ0) is 21.2. The van der Waals surface area contributed by atoms with Gasteiger partial charge in [-0.05, 0) is 37.3 Å². The first-order valence-corrected chi connectivity index (χ1v) is 10.4. The summed E-state index contributed by atoms with van der Waals surface area (Å²) in [6.07, 6.45) is 1.17. The van der Waals surface area contributed by atoms with Gasteiger partial charge >= 0.3 is 5.97 Å². The summed E-state index contributed by atoms with van der Waals surface area (Å²) in [7, 11) is 0. The van der Waals surface area contributed by atoms with Gasteiger partial charge in [-0.1, -0.05) is 43.6 Å². The predicted octanol–water partition coefficient (Wildman–Crippen LogP) is 4.52. The van der Waals surface area contributed by atoms with E-state index in [4.69, 9.17) is 21.1 Å². The van der Waals surface area contributed by atoms with E-state index in [9.17, 15) is 9.59 Å². The number of carbonyl (C=O) groups excluding carboxylic acids is 2. The van der Waals surface area contributed by atoms with Gasteiger partial charge in [0.1, 0.15) is 6.61 Å². The number of dihydropyridines is 1. The number of carbonyl (C=O) groups is 2. The van der Waals surface area contributed by atoms with E-state index < -0.39 is 11.9 Å². The predicted molar refractivity (Wildman–Crippen MR) is 113 cm³/mol. The van der Waals surface area contributed by atoms with E-state index >= 15 is 0 Å². The van der Waals surface area contributed by atoms with Crippen LogP contribution in [0.25, 0.3) is 0 Å². The molecule has 1 aliphatic heterocycles. The molecule has 0 aromatic heterocycles. The standard InChI is InChI=1S/C23H28ClNO4/c1-5-28-10-11-29-22(27)19-14(2)25-17-12-23(3,4)13-18(26)21(17)20(19)15-8-6-7-9-16(15)24/h6-9,20,25H,5,10-13H2,1-4H3/t20-/m0/s1. The highest BCUT2D eigenvalue weighted by Gasteiger charge is 2.43. The maximum Gasteiger partial charge on any atom is 0.336 e. The zero-order valence-electron chi connectivity index (χ0n) is 17.4. The monoisotopic (exact) mass is 417 g/mol. The molecular formula is C23H28ClNO4. The third kappa shape index (κ3) is 4.57. The summed E-state index contributed by atoms with van der Waals surface area (Å²) in [5.74, 6) is -0.951. The van der Waals surface area contributed by atoms with Crippen molar-refractivity contribution in [3.63, 3.8) is 0 Å². The molecule has 0 spiro atoms. The molecule has 3 rings (SSSR count). The van der Waals surface area contributed by atoms with Crippen molar-refractivity contribution in [2.45, 2.75) is 46.5 Å². The fourth-order valence-electron chi connectivity index (χ4n) is 4.14. The van der Waals surface area contributed by atoms with Crippen LogP contribution in [0.4, 0.5) is 0 Å². The molecule has 0 saturated heterocycles. The molecule has 0 bridgehead atoms. The molecule has 5 nitrogen and oxygen atoms in total. The largest absolute Gasteiger partial charge is 0.460 e. The summed E-state index contributed by atoms with van der Waals surface area (Å²) in [5, 5.41) is 3.84. The van der Waals surface area contributed by atoms with Gasteiger partial charge in [0.25, 0.3) is 0 Å². The first-order valence-electron chi connectivity index (χ1n) is 9.98. The number of ether oxygens (including phenoxy) is 2. The highest BCUT2D eigenvalue weighted by atomic mass is 35.5. The molecule has 1 aliphatic carbocycles. The van der Waals surface area contributed by atoms with E-state index in [-0.39, 0.29) is 17.8 Å². The Morgan fingerprint density at radius 3 is 2.66 bits per heavy atom. The van der Waals surface area contributed by atoms with Crippen molar-refractivity contribution in [2.24, 2.45) is 5.41 Å². The van der Waals surface area contributed by atoms with Crippen LogP contribution in [0.5, 0.6) is 0 Å². The summed E-state index contributed by atoms with van der Waals surface area (Å²) in [6.45, 7) is 8.94. The number of ketones is 1. The van der Waals surface area contributed by atoms with Crippen LogP contribution in [-0.4, -0.2) is 31.6 Å². The van der Waals surface area contributed by atoms with Gasteiger partial charge in [0.05, 0.1) is 12.2 Å². The van der Waals surface area contributed by atoms with E-state index in [0.29, 0.717) is 41.5 Å². The average Bonchev–Trinajstić information content (AvgIpc) is 2.63. The Hall–Kier alpha value is -2.11. The molecular weight excluding hydrogens is 390 g/mol. The van der Waals surface area contributed by atoms with Crippen LogP contribution in [-0.2, 0) is 19.1 Å². The fraction of sp³-hybridized carbons (Fsp3) is 0.478. The number of halogens is 1. The van der Waals surface area contributed by atoms with Crippen LogP contribution in [0.1, 0.15) is 52.0 Å². The van der Waals surface area contributed by atoms with E-state index in [1.165, 1.54) is 0 Å². The Morgan fingerprint density at radius 1 is 1.24 bits per heavy atom. The van der Waals surface area contributed by atoms with E-state index in [1.807, 2.05) is 32.0 Å². The van der Waals surface area contributed by atoms with Crippen LogP contribution in [0, 0.1) is 5.41 Å². The first kappa shape index (κ1) is 21.6. The molecule has 0 amide bonds. The van der Waals surface area contributed by atoms with Gasteiger partial charge in [0.2, 0.25) is 0 Å². The Kier molecular flexibility index (Phi) is 6.49. The van der Waals surface area contributed by atoms with Crippen LogP contribution < -0.4 is 5.32 Å². The molecule has 0 radical (unpaired) electrons. The minimum Gasteiger partial charge on any atom is -0.460 e. The Labute approximate surface area is 177 Å². The molecule has 0 fully saturated rings. The molecule has 0 unspecified atom stereocenters. The molecule has 156 valence electrons. The van der Waals surface area contributed by atoms with Gasteiger partial charge in [0.15, 0.2) is 5.78 Å². The zero-order valence-corrected chi connectivity index (χ0v) is 18.2. The number of nitrogens with one attached hydrogen (secondary N) is 1.